The first-order valence-corrected chi connectivity index (χ1v) is 7.61. The summed E-state index contributed by atoms with van der Waals surface area (Å²) in [5.74, 6) is 0.526. The van der Waals surface area contributed by atoms with Crippen molar-refractivity contribution in [2.45, 2.75) is 20.3 Å². The number of urea groups is 1. The van der Waals surface area contributed by atoms with Crippen LogP contribution in [0.1, 0.15) is 18.1 Å². The second-order valence-electron chi connectivity index (χ2n) is 5.17. The van der Waals surface area contributed by atoms with E-state index in [-0.39, 0.29) is 11.8 Å². The van der Waals surface area contributed by atoms with Crippen LogP contribution in [-0.4, -0.2) is 19.2 Å². The van der Waals surface area contributed by atoms with Crippen LogP contribution >= 0.6 is 0 Å². The van der Waals surface area contributed by atoms with Gasteiger partial charge in [-0.2, -0.15) is 0 Å². The van der Waals surface area contributed by atoms with E-state index in [0.29, 0.717) is 19.6 Å². The van der Waals surface area contributed by atoms with Crippen LogP contribution in [-0.2, 0) is 6.42 Å². The number of carbonyl (C=O) groups is 1. The summed E-state index contributed by atoms with van der Waals surface area (Å²) in [5.41, 5.74) is 2.65. The average Bonchev–Trinajstić information content (AvgIpc) is 2.52. The van der Waals surface area contributed by atoms with Gasteiger partial charge in [-0.05, 0) is 61.7 Å². The van der Waals surface area contributed by atoms with Crippen LogP contribution in [0.4, 0.5) is 14.9 Å². The maximum Gasteiger partial charge on any atom is 0.319 e. The maximum atomic E-state index is 12.8. The Bertz CT molecular complexity index is 657. The van der Waals surface area contributed by atoms with Crippen LogP contribution in [0.5, 0.6) is 5.75 Å². The third kappa shape index (κ3) is 5.29. The normalized spacial score (nSPS) is 10.2. The molecule has 0 saturated heterocycles. The fourth-order valence-corrected chi connectivity index (χ4v) is 2.17. The number of amides is 2. The molecular weight excluding hydrogens is 295 g/mol. The van der Waals surface area contributed by atoms with Gasteiger partial charge in [0.05, 0.1) is 6.61 Å². The molecule has 0 heterocycles. The molecule has 0 bridgehead atoms. The van der Waals surface area contributed by atoms with Crippen LogP contribution in [0.25, 0.3) is 0 Å². The Morgan fingerprint density at radius 3 is 2.57 bits per heavy atom. The van der Waals surface area contributed by atoms with Gasteiger partial charge >= 0.3 is 6.03 Å². The second kappa shape index (κ2) is 8.17. The molecule has 5 heteroatoms. The molecule has 23 heavy (non-hydrogen) atoms. The number of hydrogen-bond acceptors (Lipinski definition) is 2. The molecular formula is C18H21FN2O2. The smallest absolute Gasteiger partial charge is 0.319 e. The molecule has 0 aliphatic carbocycles. The predicted octanol–water partition coefficient (Wildman–Crippen LogP) is 3.90. The molecule has 4 nitrogen and oxygen atoms in total. The summed E-state index contributed by atoms with van der Waals surface area (Å²) in [4.78, 5) is 11.9. The third-order valence-corrected chi connectivity index (χ3v) is 3.37. The zero-order valence-corrected chi connectivity index (χ0v) is 13.4. The van der Waals surface area contributed by atoms with Crippen molar-refractivity contribution in [1.82, 2.24) is 5.32 Å². The van der Waals surface area contributed by atoms with E-state index in [4.69, 9.17) is 4.74 Å². The molecule has 122 valence electrons. The Hall–Kier alpha value is -2.56. The fraction of sp³-hybridized carbons (Fsp3) is 0.278. The summed E-state index contributed by atoms with van der Waals surface area (Å²) in [7, 11) is 0. The lowest BCUT2D eigenvalue weighted by molar-refractivity contribution is 0.252. The van der Waals surface area contributed by atoms with Crippen molar-refractivity contribution in [2.75, 3.05) is 18.5 Å². The van der Waals surface area contributed by atoms with Gasteiger partial charge < -0.3 is 15.4 Å². The van der Waals surface area contributed by atoms with Crippen molar-refractivity contribution in [3.63, 3.8) is 0 Å². The van der Waals surface area contributed by atoms with E-state index in [9.17, 15) is 9.18 Å². The minimum Gasteiger partial charge on any atom is -0.494 e. The Balaban J connectivity index is 1.81. The molecule has 2 aromatic rings. The van der Waals surface area contributed by atoms with Crippen molar-refractivity contribution < 1.29 is 13.9 Å². The number of ether oxygens (including phenoxy) is 1. The molecule has 2 N–H and O–H groups in total. The topological polar surface area (TPSA) is 50.4 Å². The lowest BCUT2D eigenvalue weighted by atomic mass is 10.1. The Morgan fingerprint density at radius 1 is 1.17 bits per heavy atom. The number of rotatable bonds is 6. The lowest BCUT2D eigenvalue weighted by Gasteiger charge is -2.11. The molecule has 0 aliphatic rings. The molecule has 0 fully saturated rings. The second-order valence-corrected chi connectivity index (χ2v) is 5.17. The molecule has 2 amide bonds. The van der Waals surface area contributed by atoms with Crippen LogP contribution in [0.2, 0.25) is 0 Å². The molecule has 0 radical (unpaired) electrons. The number of carbonyl (C=O) groups excluding carboxylic acids is 1. The Morgan fingerprint density at radius 2 is 1.91 bits per heavy atom. The van der Waals surface area contributed by atoms with E-state index in [1.165, 1.54) is 12.1 Å². The van der Waals surface area contributed by atoms with Gasteiger partial charge in [0.25, 0.3) is 0 Å². The van der Waals surface area contributed by atoms with Crippen molar-refractivity contribution in [3.05, 3.63) is 59.4 Å². The highest BCUT2D eigenvalue weighted by atomic mass is 19.1. The Labute approximate surface area is 135 Å². The van der Waals surface area contributed by atoms with E-state index in [2.05, 4.69) is 10.6 Å². The number of aryl methyl sites for hydroxylation is 1. The van der Waals surface area contributed by atoms with Gasteiger partial charge in [-0.3, -0.25) is 0 Å². The summed E-state index contributed by atoms with van der Waals surface area (Å²) in [5, 5.41) is 5.60. The zero-order chi connectivity index (χ0) is 16.7. The highest BCUT2D eigenvalue weighted by Gasteiger charge is 2.05. The number of halogens is 1. The maximum absolute atomic E-state index is 12.8. The summed E-state index contributed by atoms with van der Waals surface area (Å²) in [6.07, 6.45) is 0.649. The van der Waals surface area contributed by atoms with Crippen molar-refractivity contribution >= 4 is 11.7 Å². The van der Waals surface area contributed by atoms with Gasteiger partial charge in [-0.15, -0.1) is 0 Å². The Kier molecular flexibility index (Phi) is 5.97. The lowest BCUT2D eigenvalue weighted by Crippen LogP contribution is -2.30. The van der Waals surface area contributed by atoms with Crippen LogP contribution in [0, 0.1) is 12.7 Å². The number of anilines is 1. The monoisotopic (exact) mass is 316 g/mol. The summed E-state index contributed by atoms with van der Waals surface area (Å²) >= 11 is 0. The largest absolute Gasteiger partial charge is 0.494 e. The summed E-state index contributed by atoms with van der Waals surface area (Å²) < 4.78 is 18.2. The van der Waals surface area contributed by atoms with Crippen molar-refractivity contribution in [2.24, 2.45) is 0 Å². The number of nitrogens with one attached hydrogen (secondary N) is 2. The van der Waals surface area contributed by atoms with E-state index in [1.54, 1.807) is 12.1 Å². The van der Waals surface area contributed by atoms with Crippen molar-refractivity contribution in [1.29, 1.82) is 0 Å². The van der Waals surface area contributed by atoms with Gasteiger partial charge in [0.1, 0.15) is 11.6 Å². The molecule has 2 aromatic carbocycles. The number of hydrogen-bond donors (Lipinski definition) is 2. The van der Waals surface area contributed by atoms with Gasteiger partial charge in [0.2, 0.25) is 0 Å². The molecule has 2 rings (SSSR count). The van der Waals surface area contributed by atoms with Crippen LogP contribution in [0.15, 0.2) is 42.5 Å². The highest BCUT2D eigenvalue weighted by Crippen LogP contribution is 2.21. The fourth-order valence-electron chi connectivity index (χ4n) is 2.17. The van der Waals surface area contributed by atoms with E-state index >= 15 is 0 Å². The molecule has 0 atom stereocenters. The molecule has 0 aliphatic heterocycles. The quantitative estimate of drug-likeness (QED) is 0.849. The SMILES string of the molecule is CCOc1ccc(NC(=O)NCCc2ccc(F)cc2)c(C)c1. The first kappa shape index (κ1) is 16.8. The van der Waals surface area contributed by atoms with Gasteiger partial charge in [0, 0.05) is 12.2 Å². The third-order valence-electron chi connectivity index (χ3n) is 3.37. The minimum absolute atomic E-state index is 0.259. The molecule has 0 unspecified atom stereocenters. The first-order chi connectivity index (χ1) is 11.1. The van der Waals surface area contributed by atoms with Crippen LogP contribution in [0.3, 0.4) is 0 Å². The van der Waals surface area contributed by atoms with E-state index in [0.717, 1.165) is 22.6 Å². The summed E-state index contributed by atoms with van der Waals surface area (Å²) in [6, 6.07) is 11.5. The van der Waals surface area contributed by atoms with Crippen molar-refractivity contribution in [3.8, 4) is 5.75 Å². The van der Waals surface area contributed by atoms with E-state index in [1.807, 2.05) is 32.0 Å². The average molecular weight is 316 g/mol. The first-order valence-electron chi connectivity index (χ1n) is 7.61. The highest BCUT2D eigenvalue weighted by molar-refractivity contribution is 5.90. The molecule has 0 spiro atoms. The van der Waals surface area contributed by atoms with Gasteiger partial charge in [-0.25, -0.2) is 9.18 Å². The summed E-state index contributed by atoms with van der Waals surface area (Å²) in [6.45, 7) is 4.93. The molecule has 0 saturated carbocycles. The molecule has 0 aromatic heterocycles. The predicted molar refractivity (Wildman–Crippen MR) is 89.5 cm³/mol. The van der Waals surface area contributed by atoms with E-state index < -0.39 is 0 Å². The number of benzene rings is 2. The zero-order valence-electron chi connectivity index (χ0n) is 13.4. The van der Waals surface area contributed by atoms with Gasteiger partial charge in [0.15, 0.2) is 0 Å². The van der Waals surface area contributed by atoms with Crippen LogP contribution < -0.4 is 15.4 Å². The minimum atomic E-state index is -0.264. The standard InChI is InChI=1S/C18H21FN2O2/c1-3-23-16-8-9-17(13(2)12-16)21-18(22)20-11-10-14-4-6-15(19)7-5-14/h4-9,12H,3,10-11H2,1-2H3,(H2,20,21,22). The van der Waals surface area contributed by atoms with Gasteiger partial charge in [-0.1, -0.05) is 12.1 Å².